The summed E-state index contributed by atoms with van der Waals surface area (Å²) in [7, 11) is 0. The van der Waals surface area contributed by atoms with Crippen molar-refractivity contribution >= 4 is 46.4 Å². The molecule has 1 heterocycles. The number of nitrogens with one attached hydrogen (secondary N) is 3. The van der Waals surface area contributed by atoms with Crippen molar-refractivity contribution in [3.05, 3.63) is 44.7 Å². The largest absolute Gasteiger partial charge is 0.295 e. The average molecular weight is 362 g/mol. The van der Waals surface area contributed by atoms with E-state index in [0.29, 0.717) is 26.7 Å². The van der Waals surface area contributed by atoms with Crippen LogP contribution in [-0.4, -0.2) is 16.1 Å². The van der Waals surface area contributed by atoms with Crippen molar-refractivity contribution in [2.45, 2.75) is 20.3 Å². The molecule has 5 nitrogen and oxygen atoms in total. The van der Waals surface area contributed by atoms with Gasteiger partial charge in [0.05, 0.1) is 15.7 Å². The number of halogens is 3. The Kier molecular flexibility index (Phi) is 5.56. The first-order valence-electron chi connectivity index (χ1n) is 6.62. The Balaban J connectivity index is 2.03. The summed E-state index contributed by atoms with van der Waals surface area (Å²) < 4.78 is 0. The van der Waals surface area contributed by atoms with Gasteiger partial charge in [0.15, 0.2) is 5.69 Å². The second-order valence-electron chi connectivity index (χ2n) is 5.20. The summed E-state index contributed by atoms with van der Waals surface area (Å²) in [5.41, 5.74) is 6.74. The predicted octanol–water partition coefficient (Wildman–Crippen LogP) is 4.33. The van der Waals surface area contributed by atoms with E-state index >= 15 is 0 Å². The van der Waals surface area contributed by atoms with E-state index in [-0.39, 0.29) is 5.69 Å². The van der Waals surface area contributed by atoms with Crippen LogP contribution in [0.4, 0.5) is 5.69 Å². The third-order valence-corrected chi connectivity index (χ3v) is 3.61. The van der Waals surface area contributed by atoms with E-state index in [2.05, 4.69) is 34.9 Å². The Morgan fingerprint density at radius 2 is 1.86 bits per heavy atom. The van der Waals surface area contributed by atoms with Crippen LogP contribution < -0.4 is 10.9 Å². The lowest BCUT2D eigenvalue weighted by Gasteiger charge is -2.11. The van der Waals surface area contributed by atoms with Crippen LogP contribution in [0.1, 0.15) is 30.0 Å². The van der Waals surface area contributed by atoms with Crippen LogP contribution in [0.3, 0.4) is 0 Å². The molecule has 0 saturated heterocycles. The Labute approximate surface area is 143 Å². The van der Waals surface area contributed by atoms with Crippen molar-refractivity contribution in [3.8, 4) is 0 Å². The number of H-pyrrole nitrogens is 1. The van der Waals surface area contributed by atoms with E-state index in [4.69, 9.17) is 34.8 Å². The first-order valence-corrected chi connectivity index (χ1v) is 7.75. The Morgan fingerprint density at radius 3 is 2.45 bits per heavy atom. The minimum atomic E-state index is -0.395. The second-order valence-corrected chi connectivity index (χ2v) is 6.45. The van der Waals surface area contributed by atoms with Gasteiger partial charge in [0.25, 0.3) is 5.91 Å². The maximum atomic E-state index is 12.0. The molecule has 118 valence electrons. The highest BCUT2D eigenvalue weighted by molar-refractivity contribution is 6.41. The molecule has 0 aliphatic carbocycles. The number of anilines is 1. The molecular formula is C14H15Cl3N4O. The number of hydrazine groups is 1. The second kappa shape index (κ2) is 7.22. The molecule has 0 aliphatic rings. The van der Waals surface area contributed by atoms with Crippen LogP contribution in [0, 0.1) is 5.92 Å². The first kappa shape index (κ1) is 16.9. The van der Waals surface area contributed by atoms with Crippen molar-refractivity contribution in [1.29, 1.82) is 0 Å². The highest BCUT2D eigenvalue weighted by atomic mass is 35.5. The molecule has 0 spiro atoms. The van der Waals surface area contributed by atoms with Crippen molar-refractivity contribution in [2.24, 2.45) is 5.92 Å². The summed E-state index contributed by atoms with van der Waals surface area (Å²) >= 11 is 17.9. The summed E-state index contributed by atoms with van der Waals surface area (Å²) in [6.07, 6.45) is 0.822. The van der Waals surface area contributed by atoms with E-state index in [1.54, 1.807) is 6.07 Å². The molecule has 1 aromatic heterocycles. The Hall–Kier alpha value is -1.43. The quantitative estimate of drug-likeness (QED) is 0.694. The lowest BCUT2D eigenvalue weighted by atomic mass is 10.1. The molecule has 1 amide bonds. The fourth-order valence-electron chi connectivity index (χ4n) is 1.87. The van der Waals surface area contributed by atoms with Crippen molar-refractivity contribution in [1.82, 2.24) is 15.6 Å². The number of carbonyl (C=O) groups excluding carboxylic acids is 1. The van der Waals surface area contributed by atoms with Gasteiger partial charge in [0, 0.05) is 10.7 Å². The maximum Gasteiger partial charge on any atom is 0.290 e. The summed E-state index contributed by atoms with van der Waals surface area (Å²) in [6.45, 7) is 4.18. The first-order chi connectivity index (χ1) is 10.4. The maximum absolute atomic E-state index is 12.0. The minimum absolute atomic E-state index is 0.282. The molecule has 22 heavy (non-hydrogen) atoms. The smallest absolute Gasteiger partial charge is 0.290 e. The molecule has 3 N–H and O–H groups in total. The summed E-state index contributed by atoms with van der Waals surface area (Å²) in [5, 5.41) is 7.84. The number of rotatable bonds is 5. The number of aromatic amines is 1. The number of hydrogen-bond acceptors (Lipinski definition) is 3. The zero-order valence-electron chi connectivity index (χ0n) is 12.0. The van der Waals surface area contributed by atoms with E-state index in [1.807, 2.05) is 0 Å². The number of aromatic nitrogens is 2. The number of amides is 1. The van der Waals surface area contributed by atoms with Crippen molar-refractivity contribution in [3.63, 3.8) is 0 Å². The van der Waals surface area contributed by atoms with Crippen molar-refractivity contribution < 1.29 is 4.79 Å². The normalized spacial score (nSPS) is 10.8. The standard InChI is InChI=1S/C14H15Cl3N4O/c1-7(2)3-9-6-12(19-18-9)14(22)21-20-13-10(16)4-8(15)5-11(13)17/h4-7,20H,3H2,1-2H3,(H,18,19)(H,21,22). The topological polar surface area (TPSA) is 69.8 Å². The fraction of sp³-hybridized carbons (Fsp3) is 0.286. The molecule has 0 bridgehead atoms. The molecule has 0 aliphatic heterocycles. The zero-order valence-corrected chi connectivity index (χ0v) is 14.3. The van der Waals surface area contributed by atoms with Gasteiger partial charge < -0.3 is 0 Å². The van der Waals surface area contributed by atoms with E-state index < -0.39 is 5.91 Å². The summed E-state index contributed by atoms with van der Waals surface area (Å²) in [6, 6.07) is 4.76. The van der Waals surface area contributed by atoms with Gasteiger partial charge in [-0.3, -0.25) is 20.7 Å². The summed E-state index contributed by atoms with van der Waals surface area (Å²) in [5.74, 6) is 0.0782. The number of carbonyl (C=O) groups is 1. The van der Waals surface area contributed by atoms with Crippen molar-refractivity contribution in [2.75, 3.05) is 5.43 Å². The third-order valence-electron chi connectivity index (χ3n) is 2.80. The van der Waals surface area contributed by atoms with Gasteiger partial charge >= 0.3 is 0 Å². The van der Waals surface area contributed by atoms with Gasteiger partial charge in [-0.15, -0.1) is 0 Å². The fourth-order valence-corrected chi connectivity index (χ4v) is 2.78. The molecule has 8 heteroatoms. The number of hydrogen-bond donors (Lipinski definition) is 3. The zero-order chi connectivity index (χ0) is 16.3. The molecule has 0 atom stereocenters. The van der Waals surface area contributed by atoms with E-state index in [1.165, 1.54) is 12.1 Å². The van der Waals surface area contributed by atoms with Crippen LogP contribution in [0.25, 0.3) is 0 Å². The Bertz CT molecular complexity index is 661. The van der Waals surface area contributed by atoms with E-state index in [9.17, 15) is 4.79 Å². The lowest BCUT2D eigenvalue weighted by molar-refractivity contribution is 0.0957. The molecule has 0 fully saturated rings. The predicted molar refractivity (Wildman–Crippen MR) is 89.7 cm³/mol. The van der Waals surface area contributed by atoms with Gasteiger partial charge in [-0.05, 0) is 30.5 Å². The van der Waals surface area contributed by atoms with Gasteiger partial charge in [-0.1, -0.05) is 48.7 Å². The highest BCUT2D eigenvalue weighted by Crippen LogP contribution is 2.33. The molecule has 0 unspecified atom stereocenters. The summed E-state index contributed by atoms with van der Waals surface area (Å²) in [4.78, 5) is 12.0. The number of benzene rings is 1. The van der Waals surface area contributed by atoms with Crippen LogP contribution in [-0.2, 0) is 6.42 Å². The molecule has 0 radical (unpaired) electrons. The third kappa shape index (κ3) is 4.29. The SMILES string of the molecule is CC(C)Cc1cc(C(=O)NNc2c(Cl)cc(Cl)cc2Cl)n[nH]1. The monoisotopic (exact) mass is 360 g/mol. The van der Waals surface area contributed by atoms with Crippen LogP contribution >= 0.6 is 34.8 Å². The molecule has 1 aromatic carbocycles. The van der Waals surface area contributed by atoms with Crippen LogP contribution in [0.2, 0.25) is 15.1 Å². The lowest BCUT2D eigenvalue weighted by Crippen LogP contribution is -2.30. The van der Waals surface area contributed by atoms with Gasteiger partial charge in [-0.25, -0.2) is 0 Å². The van der Waals surface area contributed by atoms with E-state index in [0.717, 1.165) is 12.1 Å². The molecule has 2 rings (SSSR count). The molecular weight excluding hydrogens is 347 g/mol. The molecule has 2 aromatic rings. The number of nitrogens with zero attached hydrogens (tertiary/aromatic N) is 1. The Morgan fingerprint density at radius 1 is 1.23 bits per heavy atom. The average Bonchev–Trinajstić information content (AvgIpc) is 2.84. The highest BCUT2D eigenvalue weighted by Gasteiger charge is 2.13. The minimum Gasteiger partial charge on any atom is -0.295 e. The van der Waals surface area contributed by atoms with Gasteiger partial charge in [-0.2, -0.15) is 5.10 Å². The molecule has 0 saturated carbocycles. The van der Waals surface area contributed by atoms with Gasteiger partial charge in [0.1, 0.15) is 0 Å². The van der Waals surface area contributed by atoms with Crippen LogP contribution in [0.5, 0.6) is 0 Å². The van der Waals surface area contributed by atoms with Gasteiger partial charge in [0.2, 0.25) is 0 Å². The van der Waals surface area contributed by atoms with Crippen LogP contribution in [0.15, 0.2) is 18.2 Å².